The van der Waals surface area contributed by atoms with Gasteiger partial charge in [0.05, 0.1) is 6.54 Å². The average Bonchev–Trinajstić information content (AvgIpc) is 2.09. The van der Waals surface area contributed by atoms with E-state index in [9.17, 15) is 4.79 Å². The minimum Gasteiger partial charge on any atom is -0.342 e. The largest absolute Gasteiger partial charge is 0.342 e. The number of carbonyl (C=O) groups excluding carboxylic acids is 1. The van der Waals surface area contributed by atoms with Crippen molar-refractivity contribution >= 4 is 5.91 Å². The first-order valence-electron chi connectivity index (χ1n) is 5.48. The molecule has 3 heteroatoms. The first-order valence-corrected chi connectivity index (χ1v) is 5.48. The summed E-state index contributed by atoms with van der Waals surface area (Å²) in [6.45, 7) is 12.5. The van der Waals surface area contributed by atoms with Gasteiger partial charge in [0.1, 0.15) is 0 Å². The molecule has 0 radical (unpaired) electrons. The van der Waals surface area contributed by atoms with E-state index in [1.165, 1.54) is 0 Å². The van der Waals surface area contributed by atoms with E-state index < -0.39 is 0 Å². The van der Waals surface area contributed by atoms with E-state index in [1.807, 2.05) is 25.7 Å². The van der Waals surface area contributed by atoms with Gasteiger partial charge in [-0.15, -0.1) is 0 Å². The molecule has 0 rings (SSSR count). The highest BCUT2D eigenvalue weighted by molar-refractivity contribution is 5.78. The molecule has 0 aromatic heterocycles. The first kappa shape index (κ1) is 13.4. The second-order valence-electron chi connectivity index (χ2n) is 4.36. The molecular formula is C11H24N2O. The number of nitrogens with zero attached hydrogens (tertiary/aromatic N) is 1. The maximum Gasteiger partial charge on any atom is 0.236 e. The van der Waals surface area contributed by atoms with Gasteiger partial charge in [0.25, 0.3) is 0 Å². The lowest BCUT2D eigenvalue weighted by molar-refractivity contribution is -0.130. The summed E-state index contributed by atoms with van der Waals surface area (Å²) in [7, 11) is 0. The zero-order chi connectivity index (χ0) is 11.1. The number of rotatable bonds is 6. The maximum atomic E-state index is 11.7. The van der Waals surface area contributed by atoms with Crippen LogP contribution in [0.4, 0.5) is 0 Å². The van der Waals surface area contributed by atoms with Crippen molar-refractivity contribution in [3.63, 3.8) is 0 Å². The van der Waals surface area contributed by atoms with Gasteiger partial charge in [0, 0.05) is 19.1 Å². The summed E-state index contributed by atoms with van der Waals surface area (Å²) in [5.41, 5.74) is 0. The van der Waals surface area contributed by atoms with E-state index in [-0.39, 0.29) is 5.91 Å². The Morgan fingerprint density at radius 2 is 1.86 bits per heavy atom. The van der Waals surface area contributed by atoms with E-state index in [1.54, 1.807) is 0 Å². The van der Waals surface area contributed by atoms with Gasteiger partial charge in [-0.25, -0.2) is 0 Å². The van der Waals surface area contributed by atoms with Crippen LogP contribution >= 0.6 is 0 Å². The zero-order valence-corrected chi connectivity index (χ0v) is 10.1. The lowest BCUT2D eigenvalue weighted by Gasteiger charge is -2.23. The number of carbonyl (C=O) groups is 1. The van der Waals surface area contributed by atoms with Crippen molar-refractivity contribution in [3.8, 4) is 0 Å². The number of hydrogen-bond donors (Lipinski definition) is 1. The predicted octanol–water partition coefficient (Wildman–Crippen LogP) is 1.49. The van der Waals surface area contributed by atoms with Crippen molar-refractivity contribution in [2.24, 2.45) is 5.92 Å². The highest BCUT2D eigenvalue weighted by Crippen LogP contribution is 1.98. The fourth-order valence-corrected chi connectivity index (χ4v) is 1.25. The number of hydrogen-bond acceptors (Lipinski definition) is 2. The van der Waals surface area contributed by atoms with E-state index in [2.05, 4.69) is 19.2 Å². The molecule has 0 aliphatic carbocycles. The van der Waals surface area contributed by atoms with Gasteiger partial charge in [-0.3, -0.25) is 4.79 Å². The molecule has 0 aromatic carbocycles. The summed E-state index contributed by atoms with van der Waals surface area (Å²) in [6, 6.07) is 0.372. The normalized spacial score (nSPS) is 11.1. The molecule has 0 unspecified atom stereocenters. The van der Waals surface area contributed by atoms with Crippen molar-refractivity contribution in [3.05, 3.63) is 0 Å². The summed E-state index contributed by atoms with van der Waals surface area (Å²) in [4.78, 5) is 13.6. The zero-order valence-electron chi connectivity index (χ0n) is 10.1. The molecule has 1 N–H and O–H groups in total. The lowest BCUT2D eigenvalue weighted by atomic mass is 10.2. The van der Waals surface area contributed by atoms with Crippen LogP contribution in [0.3, 0.4) is 0 Å². The predicted molar refractivity (Wildman–Crippen MR) is 60.2 cm³/mol. The Morgan fingerprint density at radius 1 is 1.29 bits per heavy atom. The summed E-state index contributed by atoms with van der Waals surface area (Å²) in [5, 5.41) is 3.14. The van der Waals surface area contributed by atoms with Gasteiger partial charge in [-0.05, 0) is 12.8 Å². The first-order chi connectivity index (χ1) is 6.47. The van der Waals surface area contributed by atoms with Crippen LogP contribution in [0.1, 0.15) is 34.6 Å². The van der Waals surface area contributed by atoms with Gasteiger partial charge in [-0.1, -0.05) is 27.7 Å². The Morgan fingerprint density at radius 3 is 2.21 bits per heavy atom. The maximum absolute atomic E-state index is 11.7. The third-order valence-corrected chi connectivity index (χ3v) is 1.98. The molecule has 0 aromatic rings. The van der Waals surface area contributed by atoms with Crippen molar-refractivity contribution in [2.45, 2.75) is 40.7 Å². The highest BCUT2D eigenvalue weighted by Gasteiger charge is 2.12. The smallest absolute Gasteiger partial charge is 0.236 e. The number of nitrogens with one attached hydrogen (secondary N) is 1. The fourth-order valence-electron chi connectivity index (χ4n) is 1.25. The second-order valence-corrected chi connectivity index (χ2v) is 4.36. The molecule has 0 heterocycles. The number of likely N-dealkylation sites (N-methyl/N-ethyl adjacent to an activating group) is 1. The Bertz CT molecular complexity index is 167. The van der Waals surface area contributed by atoms with Crippen LogP contribution in [-0.2, 0) is 4.79 Å². The van der Waals surface area contributed by atoms with Crippen molar-refractivity contribution in [1.82, 2.24) is 10.2 Å². The molecule has 14 heavy (non-hydrogen) atoms. The minimum atomic E-state index is 0.204. The molecule has 0 spiro atoms. The summed E-state index contributed by atoms with van der Waals surface area (Å²) < 4.78 is 0. The van der Waals surface area contributed by atoms with E-state index in [4.69, 9.17) is 0 Å². The van der Waals surface area contributed by atoms with Crippen LogP contribution < -0.4 is 5.32 Å². The quantitative estimate of drug-likeness (QED) is 0.704. The van der Waals surface area contributed by atoms with Crippen LogP contribution in [0, 0.1) is 5.92 Å². The van der Waals surface area contributed by atoms with Crippen molar-refractivity contribution in [1.29, 1.82) is 0 Å². The van der Waals surface area contributed by atoms with Crippen LogP contribution in [0.15, 0.2) is 0 Å². The highest BCUT2D eigenvalue weighted by atomic mass is 16.2. The van der Waals surface area contributed by atoms with Crippen LogP contribution in [0.5, 0.6) is 0 Å². The SMILES string of the molecule is CCN(CC(C)C)C(=O)CNC(C)C. The van der Waals surface area contributed by atoms with Gasteiger partial charge < -0.3 is 10.2 Å². The molecule has 3 nitrogen and oxygen atoms in total. The minimum absolute atomic E-state index is 0.204. The molecule has 0 bridgehead atoms. The van der Waals surface area contributed by atoms with Gasteiger partial charge >= 0.3 is 0 Å². The van der Waals surface area contributed by atoms with E-state index in [0.717, 1.165) is 13.1 Å². The van der Waals surface area contributed by atoms with E-state index >= 15 is 0 Å². The van der Waals surface area contributed by atoms with Gasteiger partial charge in [0.15, 0.2) is 0 Å². The Kier molecular flexibility index (Phi) is 6.54. The lowest BCUT2D eigenvalue weighted by Crippen LogP contribution is -2.41. The van der Waals surface area contributed by atoms with Crippen LogP contribution in [0.2, 0.25) is 0 Å². The molecule has 0 fully saturated rings. The molecule has 84 valence electrons. The number of amides is 1. The van der Waals surface area contributed by atoms with Gasteiger partial charge in [-0.2, -0.15) is 0 Å². The second kappa shape index (κ2) is 6.82. The molecule has 1 amide bonds. The molecule has 0 aliphatic heterocycles. The topological polar surface area (TPSA) is 32.3 Å². The Labute approximate surface area is 87.9 Å². The monoisotopic (exact) mass is 200 g/mol. The average molecular weight is 200 g/mol. The van der Waals surface area contributed by atoms with Gasteiger partial charge in [0.2, 0.25) is 5.91 Å². The molecule has 0 saturated heterocycles. The fraction of sp³-hybridized carbons (Fsp3) is 0.909. The molecule has 0 atom stereocenters. The Balaban J connectivity index is 3.92. The summed E-state index contributed by atoms with van der Waals surface area (Å²) in [5.74, 6) is 0.743. The summed E-state index contributed by atoms with van der Waals surface area (Å²) in [6.07, 6.45) is 0. The molecular weight excluding hydrogens is 176 g/mol. The van der Waals surface area contributed by atoms with Crippen LogP contribution in [0.25, 0.3) is 0 Å². The van der Waals surface area contributed by atoms with E-state index in [0.29, 0.717) is 18.5 Å². The standard InChI is InChI=1S/C11H24N2O/c1-6-13(8-9(2)3)11(14)7-12-10(4)5/h9-10,12H,6-8H2,1-5H3. The third-order valence-electron chi connectivity index (χ3n) is 1.98. The molecule has 0 saturated carbocycles. The van der Waals surface area contributed by atoms with Crippen molar-refractivity contribution < 1.29 is 4.79 Å². The molecule has 0 aliphatic rings. The summed E-state index contributed by atoms with van der Waals surface area (Å²) >= 11 is 0. The van der Waals surface area contributed by atoms with Crippen molar-refractivity contribution in [2.75, 3.05) is 19.6 Å². The Hall–Kier alpha value is -0.570. The third kappa shape index (κ3) is 5.97. The van der Waals surface area contributed by atoms with Crippen LogP contribution in [-0.4, -0.2) is 36.5 Å².